The molecule has 1 aliphatic heterocycles. The maximum absolute atomic E-state index is 13.4. The van der Waals surface area contributed by atoms with E-state index < -0.39 is 0 Å². The zero-order valence-corrected chi connectivity index (χ0v) is 30.4. The Morgan fingerprint density at radius 3 is 2.21 bits per heavy atom. The molecule has 1 heterocycles. The summed E-state index contributed by atoms with van der Waals surface area (Å²) in [5.74, 6) is 0.305. The number of likely N-dealkylation sites (tertiary alicyclic amines) is 1. The number of rotatable bonds is 19. The van der Waals surface area contributed by atoms with Crippen molar-refractivity contribution in [1.29, 1.82) is 0 Å². The van der Waals surface area contributed by atoms with Gasteiger partial charge in [0.15, 0.2) is 5.78 Å². The first-order chi connectivity index (χ1) is 22.4. The summed E-state index contributed by atoms with van der Waals surface area (Å²) in [6, 6.07) is 7.53. The second-order valence-electron chi connectivity index (χ2n) is 14.2. The first-order valence-electron chi connectivity index (χ1n) is 18.1. The van der Waals surface area contributed by atoms with Crippen LogP contribution in [0.5, 0.6) is 0 Å². The monoisotopic (exact) mass is 649 g/mol. The van der Waals surface area contributed by atoms with Crippen molar-refractivity contribution < 1.29 is 19.0 Å². The van der Waals surface area contributed by atoms with Gasteiger partial charge in [-0.3, -0.25) is 24.6 Å². The van der Waals surface area contributed by atoms with Crippen molar-refractivity contribution in [2.45, 2.75) is 125 Å². The lowest BCUT2D eigenvalue weighted by atomic mass is 9.96. The van der Waals surface area contributed by atoms with Crippen LogP contribution in [-0.2, 0) is 16.0 Å². The standard InChI is InChI=1S/C39H60N4O4/c1-8-23-43(9-2,28-34(44)27-35-30(4)19-20-36(33(35)7)42(46)47)24-17-13-11-10-12-15-21-41-22-16-14-18-37(41)39(45)40-38-31(5)25-29(3)26-32(38)6/h19-20,25-26,37H,8-18,21-24,27-28H2,1-7H3/p+1. The highest BCUT2D eigenvalue weighted by atomic mass is 16.6. The van der Waals surface area contributed by atoms with E-state index >= 15 is 0 Å². The minimum atomic E-state index is -0.357. The van der Waals surface area contributed by atoms with Crippen LogP contribution in [0.1, 0.15) is 111 Å². The molecule has 47 heavy (non-hydrogen) atoms. The van der Waals surface area contributed by atoms with Gasteiger partial charge in [-0.15, -0.1) is 0 Å². The molecular formula is C39H61N4O4+. The number of hydrogen-bond donors (Lipinski definition) is 1. The Bertz CT molecular complexity index is 1350. The Kier molecular flexibility index (Phi) is 15.1. The number of quaternary nitrogens is 1. The first-order valence-corrected chi connectivity index (χ1v) is 18.1. The average Bonchev–Trinajstić information content (AvgIpc) is 3.02. The lowest BCUT2D eigenvalue weighted by molar-refractivity contribution is -0.919. The van der Waals surface area contributed by atoms with E-state index in [2.05, 4.69) is 57.0 Å². The number of Topliss-reactive ketones (excluding diaryl/α,β-unsaturated/α-hetero) is 1. The number of hydrogen-bond acceptors (Lipinski definition) is 5. The third-order valence-electron chi connectivity index (χ3n) is 10.4. The molecule has 2 unspecified atom stereocenters. The highest BCUT2D eigenvalue weighted by molar-refractivity contribution is 5.96. The van der Waals surface area contributed by atoms with Crippen molar-refractivity contribution in [1.82, 2.24) is 4.90 Å². The predicted octanol–water partition coefficient (Wildman–Crippen LogP) is 8.33. The van der Waals surface area contributed by atoms with Crippen LogP contribution in [0.2, 0.25) is 0 Å². The van der Waals surface area contributed by atoms with E-state index in [1.807, 2.05) is 6.92 Å². The van der Waals surface area contributed by atoms with Crippen molar-refractivity contribution in [2.24, 2.45) is 0 Å². The van der Waals surface area contributed by atoms with Gasteiger partial charge in [0, 0.05) is 23.7 Å². The number of likely N-dealkylation sites (N-methyl/N-ethyl adjacent to an activating group) is 1. The summed E-state index contributed by atoms with van der Waals surface area (Å²) in [6.07, 6.45) is 11.4. The second kappa shape index (κ2) is 18.4. The summed E-state index contributed by atoms with van der Waals surface area (Å²) in [5, 5.41) is 14.7. The van der Waals surface area contributed by atoms with Crippen LogP contribution in [0.4, 0.5) is 11.4 Å². The van der Waals surface area contributed by atoms with E-state index in [0.29, 0.717) is 12.1 Å². The number of nitrogens with zero attached hydrogens (tertiary/aromatic N) is 3. The fourth-order valence-corrected chi connectivity index (χ4v) is 7.76. The molecule has 3 rings (SSSR count). The highest BCUT2D eigenvalue weighted by Gasteiger charge is 2.30. The number of carbonyl (C=O) groups is 2. The zero-order valence-electron chi connectivity index (χ0n) is 30.4. The minimum Gasteiger partial charge on any atom is -0.324 e. The molecule has 0 aliphatic carbocycles. The number of aryl methyl sites for hydroxylation is 4. The summed E-state index contributed by atoms with van der Waals surface area (Å²) in [5.41, 5.74) is 6.89. The van der Waals surface area contributed by atoms with Crippen LogP contribution in [0.25, 0.3) is 0 Å². The van der Waals surface area contributed by atoms with Crippen molar-refractivity contribution in [3.63, 3.8) is 0 Å². The normalized spacial score (nSPS) is 16.5. The maximum Gasteiger partial charge on any atom is 0.272 e. The Labute approximate surface area is 284 Å². The number of carbonyl (C=O) groups excluding carboxylic acids is 2. The van der Waals surface area contributed by atoms with E-state index in [1.54, 1.807) is 19.1 Å². The Balaban J connectivity index is 1.43. The third kappa shape index (κ3) is 11.0. The SMILES string of the molecule is CCC[N+](CC)(CCCCCCCCN1CCCCC1C(=O)Nc1c(C)cc(C)cc1C)CC(=O)Cc1c(C)ccc([N+](=O)[O-])c1C. The lowest BCUT2D eigenvalue weighted by Crippen LogP contribution is -2.52. The van der Waals surface area contributed by atoms with E-state index in [-0.39, 0.29) is 34.8 Å². The number of benzene rings is 2. The molecular weight excluding hydrogens is 588 g/mol. The van der Waals surface area contributed by atoms with E-state index in [4.69, 9.17) is 0 Å². The molecule has 260 valence electrons. The van der Waals surface area contributed by atoms with Crippen LogP contribution in [-0.4, -0.2) is 71.3 Å². The summed E-state index contributed by atoms with van der Waals surface area (Å²) in [7, 11) is 0. The fraction of sp³-hybridized carbons (Fsp3) is 0.641. The van der Waals surface area contributed by atoms with Crippen LogP contribution >= 0.6 is 0 Å². The van der Waals surface area contributed by atoms with Crippen molar-refractivity contribution in [3.8, 4) is 0 Å². The molecule has 0 radical (unpaired) electrons. The van der Waals surface area contributed by atoms with Gasteiger partial charge < -0.3 is 9.80 Å². The molecule has 0 aromatic heterocycles. The topological polar surface area (TPSA) is 92.6 Å². The molecule has 2 aromatic carbocycles. The van der Waals surface area contributed by atoms with Gasteiger partial charge in [0.05, 0.1) is 30.6 Å². The molecule has 8 nitrogen and oxygen atoms in total. The van der Waals surface area contributed by atoms with Gasteiger partial charge in [0.2, 0.25) is 5.91 Å². The van der Waals surface area contributed by atoms with Gasteiger partial charge in [-0.05, 0) is 115 Å². The van der Waals surface area contributed by atoms with Gasteiger partial charge in [0.25, 0.3) is 5.69 Å². The van der Waals surface area contributed by atoms with E-state index in [1.165, 1.54) is 24.8 Å². The number of ketones is 1. The summed E-state index contributed by atoms with van der Waals surface area (Å²) in [4.78, 5) is 40.2. The van der Waals surface area contributed by atoms with E-state index in [0.717, 1.165) is 110 Å². The summed E-state index contributed by atoms with van der Waals surface area (Å²) in [6.45, 7) is 19.6. The average molecular weight is 650 g/mol. The van der Waals surface area contributed by atoms with Gasteiger partial charge in [-0.25, -0.2) is 0 Å². The van der Waals surface area contributed by atoms with Crippen molar-refractivity contribution in [2.75, 3.05) is 44.6 Å². The second-order valence-corrected chi connectivity index (χ2v) is 14.2. The van der Waals surface area contributed by atoms with Crippen LogP contribution < -0.4 is 5.32 Å². The summed E-state index contributed by atoms with van der Waals surface area (Å²) < 4.78 is 0.794. The van der Waals surface area contributed by atoms with Crippen LogP contribution in [0, 0.1) is 44.7 Å². The molecule has 0 spiro atoms. The number of unbranched alkanes of at least 4 members (excludes halogenated alkanes) is 5. The quantitative estimate of drug-likeness (QED) is 0.0715. The third-order valence-corrected chi connectivity index (χ3v) is 10.4. The van der Waals surface area contributed by atoms with Crippen LogP contribution in [0.15, 0.2) is 24.3 Å². The van der Waals surface area contributed by atoms with Gasteiger partial charge in [0.1, 0.15) is 6.54 Å². The molecule has 0 bridgehead atoms. The largest absolute Gasteiger partial charge is 0.324 e. The smallest absolute Gasteiger partial charge is 0.272 e. The fourth-order valence-electron chi connectivity index (χ4n) is 7.76. The number of piperidine rings is 1. The Morgan fingerprint density at radius 1 is 0.915 bits per heavy atom. The van der Waals surface area contributed by atoms with Crippen LogP contribution in [0.3, 0.4) is 0 Å². The number of nitro groups is 1. The minimum absolute atomic E-state index is 0.0464. The van der Waals surface area contributed by atoms with Gasteiger partial charge in [-0.1, -0.05) is 56.4 Å². The first kappa shape index (κ1) is 38.3. The molecule has 1 N–H and O–H groups in total. The molecule has 1 saturated heterocycles. The maximum atomic E-state index is 13.4. The molecule has 0 saturated carbocycles. The Hall–Kier alpha value is -3.10. The summed E-state index contributed by atoms with van der Waals surface area (Å²) >= 11 is 0. The molecule has 1 fully saturated rings. The Morgan fingerprint density at radius 2 is 1.57 bits per heavy atom. The highest BCUT2D eigenvalue weighted by Crippen LogP contribution is 2.27. The molecule has 2 atom stereocenters. The number of anilines is 1. The number of nitro benzene ring substituents is 1. The lowest BCUT2D eigenvalue weighted by Gasteiger charge is -2.37. The van der Waals surface area contributed by atoms with Crippen molar-refractivity contribution in [3.05, 3.63) is 67.8 Å². The molecule has 8 heteroatoms. The molecule has 2 aromatic rings. The number of amides is 1. The van der Waals surface area contributed by atoms with Gasteiger partial charge in [-0.2, -0.15) is 0 Å². The molecule has 1 aliphatic rings. The predicted molar refractivity (Wildman–Crippen MR) is 193 cm³/mol. The van der Waals surface area contributed by atoms with Gasteiger partial charge >= 0.3 is 0 Å². The number of nitrogens with one attached hydrogen (secondary N) is 1. The zero-order chi connectivity index (χ0) is 34.6. The van der Waals surface area contributed by atoms with Crippen molar-refractivity contribution >= 4 is 23.1 Å². The van der Waals surface area contributed by atoms with E-state index in [9.17, 15) is 19.7 Å². The molecule has 1 amide bonds.